The summed E-state index contributed by atoms with van der Waals surface area (Å²) in [6.07, 6.45) is 1.51. The molecule has 1 aromatic heterocycles. The molecular formula is C22H25N3O2. The molecule has 4 rings (SSSR count). The van der Waals surface area contributed by atoms with Gasteiger partial charge in [0.15, 0.2) is 0 Å². The first-order valence-corrected chi connectivity index (χ1v) is 9.70. The van der Waals surface area contributed by atoms with Crippen molar-refractivity contribution in [1.82, 2.24) is 9.55 Å². The minimum atomic E-state index is 0.0890. The van der Waals surface area contributed by atoms with E-state index in [4.69, 9.17) is 9.72 Å². The quantitative estimate of drug-likeness (QED) is 0.653. The van der Waals surface area contributed by atoms with E-state index in [1.807, 2.05) is 54.3 Å². The average molecular weight is 363 g/mol. The predicted molar refractivity (Wildman–Crippen MR) is 107 cm³/mol. The second-order valence-corrected chi connectivity index (χ2v) is 6.92. The van der Waals surface area contributed by atoms with Gasteiger partial charge in [-0.05, 0) is 37.6 Å². The summed E-state index contributed by atoms with van der Waals surface area (Å²) in [5.41, 5.74) is 3.00. The van der Waals surface area contributed by atoms with Crippen molar-refractivity contribution in [1.29, 1.82) is 0 Å². The van der Waals surface area contributed by atoms with E-state index in [-0.39, 0.29) is 11.8 Å². The van der Waals surface area contributed by atoms with Crippen molar-refractivity contribution < 1.29 is 9.53 Å². The van der Waals surface area contributed by atoms with Crippen LogP contribution in [0.4, 0.5) is 5.69 Å². The second-order valence-electron chi connectivity index (χ2n) is 6.92. The van der Waals surface area contributed by atoms with Crippen molar-refractivity contribution in [2.24, 2.45) is 0 Å². The smallest absolute Gasteiger partial charge is 0.227 e. The molecule has 1 fully saturated rings. The SMILES string of the molecule is CCCn1c([C@H]2CC(=O)N(c3ccccc3OCC)C2)nc2ccccc21. The van der Waals surface area contributed by atoms with Gasteiger partial charge in [0, 0.05) is 25.4 Å². The Labute approximate surface area is 159 Å². The van der Waals surface area contributed by atoms with Crippen LogP contribution in [0.2, 0.25) is 0 Å². The lowest BCUT2D eigenvalue weighted by Gasteiger charge is -2.20. The van der Waals surface area contributed by atoms with Gasteiger partial charge in [0.25, 0.3) is 0 Å². The highest BCUT2D eigenvalue weighted by Crippen LogP contribution is 2.37. The largest absolute Gasteiger partial charge is 0.492 e. The molecule has 1 aliphatic rings. The van der Waals surface area contributed by atoms with E-state index >= 15 is 0 Å². The average Bonchev–Trinajstić information content (AvgIpc) is 3.24. The first kappa shape index (κ1) is 17.6. The van der Waals surface area contributed by atoms with Crippen molar-refractivity contribution in [2.75, 3.05) is 18.1 Å². The second kappa shape index (κ2) is 7.43. The number of rotatable bonds is 6. The summed E-state index contributed by atoms with van der Waals surface area (Å²) in [6.45, 7) is 6.25. The zero-order valence-corrected chi connectivity index (χ0v) is 15.9. The van der Waals surface area contributed by atoms with E-state index in [9.17, 15) is 4.79 Å². The summed E-state index contributed by atoms with van der Waals surface area (Å²) in [6, 6.07) is 16.0. The van der Waals surface area contributed by atoms with Gasteiger partial charge in [-0.2, -0.15) is 0 Å². The van der Waals surface area contributed by atoms with Crippen molar-refractivity contribution in [3.05, 3.63) is 54.4 Å². The molecule has 0 aliphatic carbocycles. The first-order chi connectivity index (χ1) is 13.2. The molecule has 5 heteroatoms. The van der Waals surface area contributed by atoms with Gasteiger partial charge in [0.05, 0.1) is 23.3 Å². The molecule has 0 N–H and O–H groups in total. The lowest BCUT2D eigenvalue weighted by Crippen LogP contribution is -2.25. The molecule has 1 amide bonds. The molecule has 5 nitrogen and oxygen atoms in total. The van der Waals surface area contributed by atoms with E-state index < -0.39 is 0 Å². The molecule has 0 spiro atoms. The zero-order chi connectivity index (χ0) is 18.8. The summed E-state index contributed by atoms with van der Waals surface area (Å²) in [4.78, 5) is 19.6. The van der Waals surface area contributed by atoms with Crippen LogP contribution in [0.1, 0.15) is 38.4 Å². The third-order valence-electron chi connectivity index (χ3n) is 5.08. The Bertz CT molecular complexity index is 963. The number of carbonyl (C=O) groups is 1. The van der Waals surface area contributed by atoms with Crippen LogP contribution in [0, 0.1) is 0 Å². The Morgan fingerprint density at radius 1 is 1.11 bits per heavy atom. The number of amides is 1. The van der Waals surface area contributed by atoms with E-state index in [2.05, 4.69) is 17.6 Å². The Morgan fingerprint density at radius 2 is 1.89 bits per heavy atom. The number of imidazole rings is 1. The van der Waals surface area contributed by atoms with Crippen molar-refractivity contribution in [3.8, 4) is 5.75 Å². The van der Waals surface area contributed by atoms with E-state index in [0.717, 1.165) is 41.3 Å². The highest BCUT2D eigenvalue weighted by molar-refractivity contribution is 5.97. The number of nitrogens with zero attached hydrogens (tertiary/aromatic N) is 3. The Hall–Kier alpha value is -2.82. The van der Waals surface area contributed by atoms with Crippen molar-refractivity contribution in [2.45, 2.75) is 39.2 Å². The maximum absolute atomic E-state index is 12.8. The molecule has 1 aliphatic heterocycles. The van der Waals surface area contributed by atoms with Crippen LogP contribution >= 0.6 is 0 Å². The maximum Gasteiger partial charge on any atom is 0.227 e. The number of para-hydroxylation sites is 4. The molecule has 0 saturated carbocycles. The number of benzene rings is 2. The maximum atomic E-state index is 12.8. The minimum absolute atomic E-state index is 0.0890. The summed E-state index contributed by atoms with van der Waals surface area (Å²) < 4.78 is 8.02. The molecule has 140 valence electrons. The molecular weight excluding hydrogens is 338 g/mol. The Balaban J connectivity index is 1.69. The van der Waals surface area contributed by atoms with Crippen LogP contribution < -0.4 is 9.64 Å². The number of anilines is 1. The van der Waals surface area contributed by atoms with Crippen molar-refractivity contribution in [3.63, 3.8) is 0 Å². The topological polar surface area (TPSA) is 47.4 Å². The van der Waals surface area contributed by atoms with Gasteiger partial charge in [-0.3, -0.25) is 4.79 Å². The normalized spacial score (nSPS) is 17.0. The van der Waals surface area contributed by atoms with Crippen LogP contribution in [0.3, 0.4) is 0 Å². The molecule has 0 unspecified atom stereocenters. The van der Waals surface area contributed by atoms with Crippen LogP contribution in [0.15, 0.2) is 48.5 Å². The van der Waals surface area contributed by atoms with Gasteiger partial charge in [0.2, 0.25) is 5.91 Å². The third kappa shape index (κ3) is 3.18. The standard InChI is InChI=1S/C22H25N3O2/c1-3-13-24-18-10-6-5-9-17(18)23-22(24)16-14-21(26)25(15-16)19-11-7-8-12-20(19)27-4-2/h5-12,16H,3-4,13-15H2,1-2H3/t16-/m0/s1. The van der Waals surface area contributed by atoms with Gasteiger partial charge < -0.3 is 14.2 Å². The molecule has 2 aromatic carbocycles. The van der Waals surface area contributed by atoms with Gasteiger partial charge in [-0.1, -0.05) is 31.2 Å². The minimum Gasteiger partial charge on any atom is -0.492 e. The van der Waals surface area contributed by atoms with Crippen molar-refractivity contribution >= 4 is 22.6 Å². The number of hydrogen-bond acceptors (Lipinski definition) is 3. The van der Waals surface area contributed by atoms with E-state index in [0.29, 0.717) is 19.6 Å². The molecule has 0 radical (unpaired) electrons. The fourth-order valence-corrected chi connectivity index (χ4v) is 3.94. The number of ether oxygens (including phenoxy) is 1. The number of aromatic nitrogens is 2. The van der Waals surface area contributed by atoms with Gasteiger partial charge in [-0.15, -0.1) is 0 Å². The van der Waals surface area contributed by atoms with E-state index in [1.54, 1.807) is 0 Å². The van der Waals surface area contributed by atoms with Crippen LogP contribution in [0.5, 0.6) is 5.75 Å². The fourth-order valence-electron chi connectivity index (χ4n) is 3.94. The zero-order valence-electron chi connectivity index (χ0n) is 15.9. The molecule has 2 heterocycles. The number of fused-ring (bicyclic) bond motifs is 1. The fraction of sp³-hybridized carbons (Fsp3) is 0.364. The highest BCUT2D eigenvalue weighted by Gasteiger charge is 2.35. The predicted octanol–water partition coefficient (Wildman–Crippen LogP) is 4.37. The first-order valence-electron chi connectivity index (χ1n) is 9.70. The van der Waals surface area contributed by atoms with Gasteiger partial charge >= 0.3 is 0 Å². The molecule has 27 heavy (non-hydrogen) atoms. The van der Waals surface area contributed by atoms with E-state index in [1.165, 1.54) is 0 Å². The summed E-state index contributed by atoms with van der Waals surface area (Å²) in [5, 5.41) is 0. The summed E-state index contributed by atoms with van der Waals surface area (Å²) >= 11 is 0. The Morgan fingerprint density at radius 3 is 2.70 bits per heavy atom. The number of aryl methyl sites for hydroxylation is 1. The lowest BCUT2D eigenvalue weighted by molar-refractivity contribution is -0.117. The third-order valence-corrected chi connectivity index (χ3v) is 5.08. The van der Waals surface area contributed by atoms with Gasteiger partial charge in [-0.25, -0.2) is 4.98 Å². The molecule has 3 aromatic rings. The Kier molecular flexibility index (Phi) is 4.84. The lowest BCUT2D eigenvalue weighted by atomic mass is 10.1. The highest BCUT2D eigenvalue weighted by atomic mass is 16.5. The van der Waals surface area contributed by atoms with Gasteiger partial charge in [0.1, 0.15) is 11.6 Å². The van der Waals surface area contributed by atoms with Crippen LogP contribution in [-0.4, -0.2) is 28.6 Å². The number of carbonyl (C=O) groups excluding carboxylic acids is 1. The molecule has 0 bridgehead atoms. The summed E-state index contributed by atoms with van der Waals surface area (Å²) in [7, 11) is 0. The monoisotopic (exact) mass is 363 g/mol. The van der Waals surface area contributed by atoms with Crippen LogP contribution in [-0.2, 0) is 11.3 Å². The summed E-state index contributed by atoms with van der Waals surface area (Å²) in [5.74, 6) is 1.99. The molecule has 1 saturated heterocycles. The number of hydrogen-bond donors (Lipinski definition) is 0. The van der Waals surface area contributed by atoms with Crippen LogP contribution in [0.25, 0.3) is 11.0 Å². The molecule has 1 atom stereocenters.